The van der Waals surface area contributed by atoms with E-state index < -0.39 is 11.8 Å². The molecule has 2 N–H and O–H groups in total. The summed E-state index contributed by atoms with van der Waals surface area (Å²) in [4.78, 5) is 22.5. The maximum absolute atomic E-state index is 11.8. The Balaban J connectivity index is 2.78. The average Bonchev–Trinajstić information content (AvgIpc) is 2.74. The smallest absolute Gasteiger partial charge is 0.217 e. The molecule has 0 saturated carbocycles. The molecule has 3 unspecified atom stereocenters. The van der Waals surface area contributed by atoms with Crippen molar-refractivity contribution >= 4 is 12.2 Å². The topological polar surface area (TPSA) is 84.9 Å². The van der Waals surface area contributed by atoms with Crippen molar-refractivity contribution in [2.75, 3.05) is 19.8 Å². The summed E-state index contributed by atoms with van der Waals surface area (Å²) in [5.41, 5.74) is 1.68. The van der Waals surface area contributed by atoms with Gasteiger partial charge in [-0.1, -0.05) is 63.8 Å². The molecule has 1 rings (SSSR count). The first kappa shape index (κ1) is 27.3. The molecule has 1 amide bonds. The summed E-state index contributed by atoms with van der Waals surface area (Å²) in [6.45, 7) is 7.64. The van der Waals surface area contributed by atoms with Crippen LogP contribution in [0.25, 0.3) is 0 Å². The molecule has 0 aliphatic heterocycles. The van der Waals surface area contributed by atoms with E-state index in [2.05, 4.69) is 43.4 Å². The Morgan fingerprint density at radius 1 is 1.16 bits per heavy atom. The first-order chi connectivity index (χ1) is 14.8. The van der Waals surface area contributed by atoms with Crippen molar-refractivity contribution in [1.82, 2.24) is 5.32 Å². The lowest BCUT2D eigenvalue weighted by Gasteiger charge is -2.34. The van der Waals surface area contributed by atoms with Gasteiger partial charge in [0.2, 0.25) is 5.91 Å². The van der Waals surface area contributed by atoms with Crippen LogP contribution in [-0.2, 0) is 25.5 Å². The normalized spacial score (nSPS) is 15.1. The number of ether oxygens (including phenoxy) is 2. The monoisotopic (exact) mass is 435 g/mol. The molecule has 0 saturated heterocycles. The van der Waals surface area contributed by atoms with Crippen LogP contribution in [0.2, 0.25) is 0 Å². The fraction of sp³-hybridized carbons (Fsp3) is 0.680. The number of rotatable bonds is 17. The summed E-state index contributed by atoms with van der Waals surface area (Å²) in [6.07, 6.45) is 7.31. The van der Waals surface area contributed by atoms with Gasteiger partial charge >= 0.3 is 0 Å². The lowest BCUT2D eigenvalue weighted by atomic mass is 9.90. The third kappa shape index (κ3) is 11.4. The van der Waals surface area contributed by atoms with Gasteiger partial charge in [0.1, 0.15) is 12.9 Å². The number of hydrogen-bond acceptors (Lipinski definition) is 5. The first-order valence-corrected chi connectivity index (χ1v) is 11.5. The summed E-state index contributed by atoms with van der Waals surface area (Å²) in [6, 6.07) is 8.65. The Morgan fingerprint density at radius 2 is 1.87 bits per heavy atom. The van der Waals surface area contributed by atoms with Crippen LogP contribution in [0.1, 0.15) is 83.3 Å². The highest BCUT2D eigenvalue weighted by atomic mass is 16.6. The van der Waals surface area contributed by atoms with Gasteiger partial charge in [-0.15, -0.1) is 0 Å². The average molecular weight is 436 g/mol. The van der Waals surface area contributed by atoms with Crippen LogP contribution >= 0.6 is 0 Å². The van der Waals surface area contributed by atoms with Gasteiger partial charge < -0.3 is 24.7 Å². The molecule has 176 valence electrons. The number of aldehydes is 1. The zero-order valence-electron chi connectivity index (χ0n) is 19.7. The lowest BCUT2D eigenvalue weighted by molar-refractivity contribution is -0.133. The minimum absolute atomic E-state index is 0.0547. The molecule has 0 heterocycles. The number of aliphatic hydroxyl groups excluding tert-OH is 1. The standard InChI is InChI=1S/C25H41NO5/c1-5-6-7-8-9-20(2)24-12-10-23(11-13-24)14-15-25(26-21(3)28,18-30-17-16-27)19-31-22(4)29/h10-13,16,20,22,29H,5-9,14-15,17-19H2,1-4H3,(H,26,28). The van der Waals surface area contributed by atoms with Crippen LogP contribution in [0.15, 0.2) is 24.3 Å². The minimum atomic E-state index is -0.961. The van der Waals surface area contributed by atoms with Crippen LogP contribution in [0, 0.1) is 0 Å². The van der Waals surface area contributed by atoms with Gasteiger partial charge in [-0.2, -0.15) is 0 Å². The summed E-state index contributed by atoms with van der Waals surface area (Å²) < 4.78 is 10.8. The molecule has 31 heavy (non-hydrogen) atoms. The number of carbonyl (C=O) groups is 2. The Hall–Kier alpha value is -1.76. The fourth-order valence-corrected chi connectivity index (χ4v) is 3.72. The second-order valence-electron chi connectivity index (χ2n) is 8.55. The zero-order chi connectivity index (χ0) is 23.1. The van der Waals surface area contributed by atoms with Crippen molar-refractivity contribution in [1.29, 1.82) is 0 Å². The molecule has 0 bridgehead atoms. The molecule has 0 aliphatic rings. The summed E-state index contributed by atoms with van der Waals surface area (Å²) in [5, 5.41) is 12.5. The molecule has 1 aromatic rings. The molecule has 0 aromatic heterocycles. The molecule has 6 heteroatoms. The second-order valence-corrected chi connectivity index (χ2v) is 8.55. The Morgan fingerprint density at radius 3 is 2.45 bits per heavy atom. The van der Waals surface area contributed by atoms with E-state index >= 15 is 0 Å². The molecular formula is C25H41NO5. The highest BCUT2D eigenvalue weighted by Crippen LogP contribution is 2.24. The van der Waals surface area contributed by atoms with E-state index in [-0.39, 0.29) is 25.7 Å². The van der Waals surface area contributed by atoms with Gasteiger partial charge in [-0.05, 0) is 43.2 Å². The number of aryl methyl sites for hydroxylation is 1. The van der Waals surface area contributed by atoms with Crippen LogP contribution < -0.4 is 5.32 Å². The number of nitrogens with one attached hydrogen (secondary N) is 1. The van der Waals surface area contributed by atoms with Gasteiger partial charge in [0.05, 0.1) is 18.8 Å². The van der Waals surface area contributed by atoms with Crippen molar-refractivity contribution < 1.29 is 24.2 Å². The maximum Gasteiger partial charge on any atom is 0.217 e. The SMILES string of the molecule is CCCCCCC(C)c1ccc(CCC(COCC=O)(COC(C)O)NC(C)=O)cc1. The van der Waals surface area contributed by atoms with Crippen molar-refractivity contribution in [3.63, 3.8) is 0 Å². The predicted octanol–water partition coefficient (Wildman–Crippen LogP) is 4.14. The Kier molecular flexibility index (Phi) is 13.3. The molecule has 3 atom stereocenters. The number of hydrogen-bond donors (Lipinski definition) is 2. The van der Waals surface area contributed by atoms with E-state index in [4.69, 9.17) is 9.47 Å². The summed E-state index contributed by atoms with van der Waals surface area (Å²) >= 11 is 0. The van der Waals surface area contributed by atoms with Crippen molar-refractivity contribution in [3.8, 4) is 0 Å². The number of carbonyl (C=O) groups excluding carboxylic acids is 2. The highest BCUT2D eigenvalue weighted by molar-refractivity contribution is 5.73. The molecule has 0 aliphatic carbocycles. The van der Waals surface area contributed by atoms with E-state index in [0.29, 0.717) is 25.0 Å². The minimum Gasteiger partial charge on any atom is -0.371 e. The number of aliphatic hydroxyl groups is 1. The predicted molar refractivity (Wildman–Crippen MR) is 123 cm³/mol. The van der Waals surface area contributed by atoms with E-state index in [1.54, 1.807) is 0 Å². The van der Waals surface area contributed by atoms with E-state index in [9.17, 15) is 14.7 Å². The van der Waals surface area contributed by atoms with Crippen LogP contribution in [-0.4, -0.2) is 48.9 Å². The Bertz CT molecular complexity index is 631. The van der Waals surface area contributed by atoms with Gasteiger partial charge in [-0.3, -0.25) is 4.79 Å². The number of unbranched alkanes of at least 4 members (excludes halogenated alkanes) is 3. The third-order valence-corrected chi connectivity index (χ3v) is 5.54. The summed E-state index contributed by atoms with van der Waals surface area (Å²) in [7, 11) is 0. The van der Waals surface area contributed by atoms with Crippen molar-refractivity contribution in [3.05, 3.63) is 35.4 Å². The maximum atomic E-state index is 11.8. The van der Waals surface area contributed by atoms with Crippen LogP contribution in [0.5, 0.6) is 0 Å². The summed E-state index contributed by atoms with van der Waals surface area (Å²) in [5.74, 6) is 0.330. The van der Waals surface area contributed by atoms with Crippen molar-refractivity contribution in [2.24, 2.45) is 0 Å². The first-order valence-electron chi connectivity index (χ1n) is 11.5. The number of amides is 1. The lowest BCUT2D eigenvalue weighted by Crippen LogP contribution is -2.55. The van der Waals surface area contributed by atoms with Gasteiger partial charge in [0.15, 0.2) is 6.29 Å². The van der Waals surface area contributed by atoms with Crippen LogP contribution in [0.4, 0.5) is 0 Å². The van der Waals surface area contributed by atoms with E-state index in [0.717, 1.165) is 5.56 Å². The highest BCUT2D eigenvalue weighted by Gasteiger charge is 2.32. The molecule has 6 nitrogen and oxygen atoms in total. The van der Waals surface area contributed by atoms with Gasteiger partial charge in [-0.25, -0.2) is 0 Å². The van der Waals surface area contributed by atoms with Crippen LogP contribution in [0.3, 0.4) is 0 Å². The quantitative estimate of drug-likeness (QED) is 0.218. The Labute approximate surface area is 187 Å². The molecule has 0 fully saturated rings. The number of benzene rings is 1. The van der Waals surface area contributed by atoms with Gasteiger partial charge in [0.25, 0.3) is 0 Å². The molecule has 0 radical (unpaired) electrons. The van der Waals surface area contributed by atoms with Crippen molar-refractivity contribution in [2.45, 2.75) is 90.4 Å². The largest absolute Gasteiger partial charge is 0.371 e. The van der Waals surface area contributed by atoms with E-state index in [1.165, 1.54) is 51.5 Å². The second kappa shape index (κ2) is 15.1. The third-order valence-electron chi connectivity index (χ3n) is 5.54. The van der Waals surface area contributed by atoms with E-state index in [1.807, 2.05) is 0 Å². The fourth-order valence-electron chi connectivity index (χ4n) is 3.72. The molecular weight excluding hydrogens is 394 g/mol. The van der Waals surface area contributed by atoms with Gasteiger partial charge in [0, 0.05) is 6.92 Å². The molecule has 1 aromatic carbocycles. The zero-order valence-corrected chi connectivity index (χ0v) is 19.7. The molecule has 0 spiro atoms.